The Morgan fingerprint density at radius 2 is 2.04 bits per heavy atom. The third-order valence-corrected chi connectivity index (χ3v) is 4.85. The molecule has 2 rings (SSSR count). The number of hydrogen-bond donors (Lipinski definition) is 1. The third kappa shape index (κ3) is 4.95. The van der Waals surface area contributed by atoms with Crippen LogP contribution in [0, 0.1) is 17.7 Å². The molecule has 128 valence electrons. The summed E-state index contributed by atoms with van der Waals surface area (Å²) in [7, 11) is 2.15. The van der Waals surface area contributed by atoms with Crippen molar-refractivity contribution in [3.63, 3.8) is 0 Å². The summed E-state index contributed by atoms with van der Waals surface area (Å²) in [4.78, 5) is 2.35. The van der Waals surface area contributed by atoms with Crippen LogP contribution in [0.4, 0.5) is 4.39 Å². The van der Waals surface area contributed by atoms with Crippen LogP contribution in [0.5, 0.6) is 0 Å². The summed E-state index contributed by atoms with van der Waals surface area (Å²) in [5, 5.41) is 3.52. The first-order valence-electron chi connectivity index (χ1n) is 8.47. The highest BCUT2D eigenvalue weighted by molar-refractivity contribution is 6.31. The monoisotopic (exact) mass is 338 g/mol. The molecule has 0 bridgehead atoms. The first-order valence-corrected chi connectivity index (χ1v) is 8.84. The first kappa shape index (κ1) is 18.3. The molecule has 1 aliphatic heterocycles. The highest BCUT2D eigenvalue weighted by atomic mass is 35.5. The van der Waals surface area contributed by atoms with Crippen molar-refractivity contribution in [3.05, 3.63) is 40.7 Å². The van der Waals surface area contributed by atoms with Gasteiger partial charge < -0.3 is 10.2 Å². The molecule has 0 unspecified atom stereocenters. The van der Waals surface area contributed by atoms with E-state index in [1.807, 2.05) is 6.07 Å². The van der Waals surface area contributed by atoms with Crippen LogP contribution in [0.1, 0.15) is 37.8 Å². The minimum absolute atomic E-state index is 0.162. The SMILES string of the molecule is C=C(NCC1CCN(C)CC1)c1c(CC(C)C)ccc(Cl)c1F. The molecule has 0 spiro atoms. The molecule has 1 heterocycles. The van der Waals surface area contributed by atoms with Gasteiger partial charge in [-0.3, -0.25) is 0 Å². The largest absolute Gasteiger partial charge is 0.385 e. The molecule has 23 heavy (non-hydrogen) atoms. The van der Waals surface area contributed by atoms with Crippen LogP contribution in [-0.2, 0) is 6.42 Å². The van der Waals surface area contributed by atoms with E-state index in [4.69, 9.17) is 11.6 Å². The molecule has 0 atom stereocenters. The minimum atomic E-state index is -0.356. The molecule has 1 aromatic rings. The average Bonchev–Trinajstić information content (AvgIpc) is 2.50. The Kier molecular flexibility index (Phi) is 6.49. The van der Waals surface area contributed by atoms with E-state index >= 15 is 0 Å². The lowest BCUT2D eigenvalue weighted by Crippen LogP contribution is -2.34. The fourth-order valence-corrected chi connectivity index (χ4v) is 3.31. The molecule has 1 saturated heterocycles. The number of nitrogens with zero attached hydrogens (tertiary/aromatic N) is 1. The minimum Gasteiger partial charge on any atom is -0.385 e. The second-order valence-electron chi connectivity index (χ2n) is 7.10. The molecule has 1 fully saturated rings. The van der Waals surface area contributed by atoms with E-state index in [1.165, 1.54) is 12.8 Å². The highest BCUT2D eigenvalue weighted by Crippen LogP contribution is 2.28. The lowest BCUT2D eigenvalue weighted by Gasteiger charge is -2.29. The van der Waals surface area contributed by atoms with E-state index in [-0.39, 0.29) is 10.8 Å². The molecule has 0 aromatic heterocycles. The summed E-state index contributed by atoms with van der Waals surface area (Å²) >= 11 is 5.98. The topological polar surface area (TPSA) is 15.3 Å². The quantitative estimate of drug-likeness (QED) is 0.816. The molecular formula is C19H28ClFN2. The fraction of sp³-hybridized carbons (Fsp3) is 0.579. The Morgan fingerprint density at radius 3 is 2.65 bits per heavy atom. The van der Waals surface area contributed by atoms with Gasteiger partial charge in [0.05, 0.1) is 5.02 Å². The Labute approximate surface area is 144 Å². The van der Waals surface area contributed by atoms with Crippen LogP contribution in [-0.4, -0.2) is 31.6 Å². The molecule has 0 saturated carbocycles. The maximum atomic E-state index is 14.5. The van der Waals surface area contributed by atoms with Crippen LogP contribution >= 0.6 is 11.6 Å². The van der Waals surface area contributed by atoms with E-state index in [1.54, 1.807) is 6.07 Å². The van der Waals surface area contributed by atoms with Crippen molar-refractivity contribution in [2.24, 2.45) is 11.8 Å². The van der Waals surface area contributed by atoms with Gasteiger partial charge in [-0.05, 0) is 62.9 Å². The maximum Gasteiger partial charge on any atom is 0.151 e. The summed E-state index contributed by atoms with van der Waals surface area (Å²) in [5.41, 5.74) is 2.18. The number of hydrogen-bond acceptors (Lipinski definition) is 2. The second-order valence-corrected chi connectivity index (χ2v) is 7.51. The van der Waals surface area contributed by atoms with Crippen LogP contribution in [0.2, 0.25) is 5.02 Å². The van der Waals surface area contributed by atoms with Gasteiger partial charge in [-0.2, -0.15) is 0 Å². The summed E-state index contributed by atoms with van der Waals surface area (Å²) in [6.07, 6.45) is 3.17. The first-order chi connectivity index (χ1) is 10.9. The molecule has 1 aliphatic rings. The predicted octanol–water partition coefficient (Wildman–Crippen LogP) is 4.58. The van der Waals surface area contributed by atoms with Gasteiger partial charge in [-0.1, -0.05) is 38.1 Å². The van der Waals surface area contributed by atoms with Crippen LogP contribution in [0.25, 0.3) is 5.70 Å². The van der Waals surface area contributed by atoms with Crippen LogP contribution in [0.3, 0.4) is 0 Å². The number of benzene rings is 1. The van der Waals surface area contributed by atoms with Gasteiger partial charge in [0, 0.05) is 17.8 Å². The maximum absolute atomic E-state index is 14.5. The van der Waals surface area contributed by atoms with Gasteiger partial charge in [0.1, 0.15) is 0 Å². The zero-order chi connectivity index (χ0) is 17.0. The van der Waals surface area contributed by atoms with Crippen molar-refractivity contribution >= 4 is 17.3 Å². The zero-order valence-electron chi connectivity index (χ0n) is 14.5. The summed E-state index contributed by atoms with van der Waals surface area (Å²) in [6.45, 7) is 11.4. The molecule has 0 radical (unpaired) electrons. The van der Waals surface area contributed by atoms with Crippen molar-refractivity contribution in [1.82, 2.24) is 10.2 Å². The average molecular weight is 339 g/mol. The number of nitrogens with one attached hydrogen (secondary N) is 1. The van der Waals surface area contributed by atoms with E-state index in [2.05, 4.69) is 37.7 Å². The molecule has 0 aliphatic carbocycles. The smallest absolute Gasteiger partial charge is 0.151 e. The van der Waals surface area contributed by atoms with E-state index < -0.39 is 0 Å². The second kappa shape index (κ2) is 8.16. The van der Waals surface area contributed by atoms with Crippen molar-refractivity contribution in [2.75, 3.05) is 26.7 Å². The summed E-state index contributed by atoms with van der Waals surface area (Å²) < 4.78 is 14.5. The van der Waals surface area contributed by atoms with Crippen molar-refractivity contribution in [1.29, 1.82) is 0 Å². The number of halogens is 2. The molecule has 1 aromatic carbocycles. The van der Waals surface area contributed by atoms with E-state index in [9.17, 15) is 4.39 Å². The van der Waals surface area contributed by atoms with Gasteiger partial charge >= 0.3 is 0 Å². The normalized spacial score (nSPS) is 16.8. The van der Waals surface area contributed by atoms with Gasteiger partial charge in [0.15, 0.2) is 5.82 Å². The van der Waals surface area contributed by atoms with Gasteiger partial charge in [-0.15, -0.1) is 0 Å². The zero-order valence-corrected chi connectivity index (χ0v) is 15.2. The predicted molar refractivity (Wildman–Crippen MR) is 97.2 cm³/mol. The van der Waals surface area contributed by atoms with Crippen molar-refractivity contribution in [2.45, 2.75) is 33.1 Å². The standard InChI is InChI=1S/C19H28ClFN2/c1-13(2)11-16-5-6-17(20)19(21)18(16)14(3)22-12-15-7-9-23(4)10-8-15/h5-6,13,15,22H,3,7-12H2,1-2,4H3. The highest BCUT2D eigenvalue weighted by Gasteiger charge is 2.19. The number of piperidine rings is 1. The Balaban J connectivity index is 2.07. The van der Waals surface area contributed by atoms with Crippen molar-refractivity contribution < 1.29 is 4.39 Å². The number of rotatable bonds is 6. The molecule has 4 heteroatoms. The van der Waals surface area contributed by atoms with Gasteiger partial charge in [0.2, 0.25) is 0 Å². The lowest BCUT2D eigenvalue weighted by atomic mass is 9.94. The third-order valence-electron chi connectivity index (χ3n) is 4.55. The summed E-state index contributed by atoms with van der Waals surface area (Å²) in [5.74, 6) is 0.723. The van der Waals surface area contributed by atoms with E-state index in [0.29, 0.717) is 23.1 Å². The molecular weight excluding hydrogens is 311 g/mol. The molecule has 0 amide bonds. The lowest BCUT2D eigenvalue weighted by molar-refractivity contribution is 0.220. The Hall–Kier alpha value is -1.06. The van der Waals surface area contributed by atoms with Gasteiger partial charge in [-0.25, -0.2) is 4.39 Å². The number of likely N-dealkylation sites (tertiary alicyclic amines) is 1. The Bertz CT molecular complexity index is 549. The summed E-state index contributed by atoms with van der Waals surface area (Å²) in [6, 6.07) is 3.56. The fourth-order valence-electron chi connectivity index (χ4n) is 3.15. The van der Waals surface area contributed by atoms with Crippen LogP contribution < -0.4 is 5.32 Å². The van der Waals surface area contributed by atoms with Crippen molar-refractivity contribution in [3.8, 4) is 0 Å². The molecule has 2 nitrogen and oxygen atoms in total. The van der Waals surface area contributed by atoms with Gasteiger partial charge in [0.25, 0.3) is 0 Å². The van der Waals surface area contributed by atoms with E-state index in [0.717, 1.165) is 31.6 Å². The Morgan fingerprint density at radius 1 is 1.39 bits per heavy atom. The van der Waals surface area contributed by atoms with Crippen LogP contribution in [0.15, 0.2) is 18.7 Å². The molecule has 1 N–H and O–H groups in total.